The van der Waals surface area contributed by atoms with Gasteiger partial charge >= 0.3 is 0 Å². The summed E-state index contributed by atoms with van der Waals surface area (Å²) in [4.78, 5) is 11.9. The number of benzene rings is 2. The molecule has 23 heavy (non-hydrogen) atoms. The van der Waals surface area contributed by atoms with E-state index >= 15 is 0 Å². The summed E-state index contributed by atoms with van der Waals surface area (Å²) < 4.78 is 0. The van der Waals surface area contributed by atoms with Crippen LogP contribution in [0.3, 0.4) is 0 Å². The van der Waals surface area contributed by atoms with Crippen LogP contribution in [-0.2, 0) is 4.79 Å². The Labute approximate surface area is 141 Å². The van der Waals surface area contributed by atoms with E-state index < -0.39 is 0 Å². The van der Waals surface area contributed by atoms with E-state index in [1.165, 1.54) is 5.56 Å². The zero-order valence-electron chi connectivity index (χ0n) is 13.3. The van der Waals surface area contributed by atoms with Gasteiger partial charge < -0.3 is 5.32 Å². The Hall–Kier alpha value is -2.33. The van der Waals surface area contributed by atoms with E-state index in [9.17, 15) is 4.79 Å². The molecule has 0 saturated heterocycles. The molecule has 2 aromatic carbocycles. The number of hydrazone groups is 1. The van der Waals surface area contributed by atoms with Gasteiger partial charge in [0.2, 0.25) is 0 Å². The van der Waals surface area contributed by atoms with Crippen molar-refractivity contribution in [3.05, 3.63) is 64.7 Å². The van der Waals surface area contributed by atoms with Crippen LogP contribution in [0.2, 0.25) is 5.02 Å². The number of halogens is 1. The number of carbonyl (C=O) groups excluding carboxylic acids is 1. The molecule has 2 N–H and O–H groups in total. The molecule has 0 aliphatic rings. The Kier molecular flexibility index (Phi) is 6.18. The number of aryl methyl sites for hydroxylation is 1. The maximum Gasteiger partial charge on any atom is 0.259 e. The van der Waals surface area contributed by atoms with E-state index in [1.807, 2.05) is 62.4 Å². The SMILES string of the molecule is CC/C(=N\NC(=O)CNc1ccc(C)cc1)c1cccc(Cl)c1. The average Bonchev–Trinajstić information content (AvgIpc) is 2.55. The van der Waals surface area contributed by atoms with Crippen LogP contribution in [0.25, 0.3) is 0 Å². The highest BCUT2D eigenvalue weighted by Gasteiger charge is 2.04. The largest absolute Gasteiger partial charge is 0.376 e. The lowest BCUT2D eigenvalue weighted by Crippen LogP contribution is -2.27. The van der Waals surface area contributed by atoms with Gasteiger partial charge in [-0.15, -0.1) is 0 Å². The number of hydrogen-bond donors (Lipinski definition) is 2. The summed E-state index contributed by atoms with van der Waals surface area (Å²) in [5.41, 5.74) is 6.36. The van der Waals surface area contributed by atoms with E-state index in [2.05, 4.69) is 15.8 Å². The van der Waals surface area contributed by atoms with Crippen LogP contribution in [-0.4, -0.2) is 18.2 Å². The van der Waals surface area contributed by atoms with Crippen LogP contribution in [0.5, 0.6) is 0 Å². The highest BCUT2D eigenvalue weighted by atomic mass is 35.5. The molecule has 0 radical (unpaired) electrons. The van der Waals surface area contributed by atoms with Crippen LogP contribution in [0.1, 0.15) is 24.5 Å². The van der Waals surface area contributed by atoms with Crippen molar-refractivity contribution in [3.63, 3.8) is 0 Å². The Balaban J connectivity index is 1.92. The molecule has 0 heterocycles. The van der Waals surface area contributed by atoms with Gasteiger partial charge in [-0.05, 0) is 43.2 Å². The number of nitrogens with one attached hydrogen (secondary N) is 2. The molecule has 0 unspecified atom stereocenters. The van der Waals surface area contributed by atoms with Crippen LogP contribution in [0.4, 0.5) is 5.69 Å². The van der Waals surface area contributed by atoms with Crippen molar-refractivity contribution in [1.82, 2.24) is 5.43 Å². The summed E-state index contributed by atoms with van der Waals surface area (Å²) >= 11 is 5.98. The van der Waals surface area contributed by atoms with Gasteiger partial charge in [-0.2, -0.15) is 5.10 Å². The maximum absolute atomic E-state index is 11.9. The standard InChI is InChI=1S/C18H20ClN3O/c1-3-17(14-5-4-6-15(19)11-14)21-22-18(23)12-20-16-9-7-13(2)8-10-16/h4-11,20H,3,12H2,1-2H3,(H,22,23)/b21-17+. The quantitative estimate of drug-likeness (QED) is 0.622. The number of amides is 1. The van der Waals surface area contributed by atoms with Gasteiger partial charge in [0.05, 0.1) is 12.3 Å². The van der Waals surface area contributed by atoms with Gasteiger partial charge in [0.15, 0.2) is 0 Å². The molecule has 120 valence electrons. The third-order valence-electron chi connectivity index (χ3n) is 3.31. The van der Waals surface area contributed by atoms with E-state index in [-0.39, 0.29) is 12.5 Å². The van der Waals surface area contributed by atoms with Gasteiger partial charge in [0, 0.05) is 10.7 Å². The first-order valence-corrected chi connectivity index (χ1v) is 7.88. The summed E-state index contributed by atoms with van der Waals surface area (Å²) in [6.45, 7) is 4.17. The van der Waals surface area contributed by atoms with Gasteiger partial charge in [-0.25, -0.2) is 5.43 Å². The van der Waals surface area contributed by atoms with Gasteiger partial charge in [-0.1, -0.05) is 48.4 Å². The highest BCUT2D eigenvalue weighted by molar-refractivity contribution is 6.31. The monoisotopic (exact) mass is 329 g/mol. The maximum atomic E-state index is 11.9. The van der Waals surface area contributed by atoms with Crippen molar-refractivity contribution in [2.24, 2.45) is 5.10 Å². The second kappa shape index (κ2) is 8.34. The van der Waals surface area contributed by atoms with Crippen molar-refractivity contribution < 1.29 is 4.79 Å². The molecule has 0 aliphatic carbocycles. The topological polar surface area (TPSA) is 53.5 Å². The van der Waals surface area contributed by atoms with Gasteiger partial charge in [0.25, 0.3) is 5.91 Å². The summed E-state index contributed by atoms with van der Waals surface area (Å²) in [5, 5.41) is 7.91. The first-order chi connectivity index (χ1) is 11.1. The van der Waals surface area contributed by atoms with Crippen LogP contribution in [0.15, 0.2) is 53.6 Å². The number of hydrogen-bond acceptors (Lipinski definition) is 3. The summed E-state index contributed by atoms with van der Waals surface area (Å²) in [7, 11) is 0. The molecule has 0 saturated carbocycles. The average molecular weight is 330 g/mol. The molecule has 4 nitrogen and oxygen atoms in total. The van der Waals surface area contributed by atoms with Crippen molar-refractivity contribution >= 4 is 28.9 Å². The molecule has 0 aliphatic heterocycles. The minimum Gasteiger partial charge on any atom is -0.376 e. The minimum absolute atomic E-state index is 0.166. The highest BCUT2D eigenvalue weighted by Crippen LogP contribution is 2.12. The molecule has 2 rings (SSSR count). The molecule has 1 amide bonds. The van der Waals surface area contributed by atoms with E-state index in [1.54, 1.807) is 0 Å². The zero-order chi connectivity index (χ0) is 16.7. The zero-order valence-corrected chi connectivity index (χ0v) is 14.0. The van der Waals surface area contributed by atoms with E-state index in [0.29, 0.717) is 11.4 Å². The number of anilines is 1. The van der Waals surface area contributed by atoms with Crippen LogP contribution >= 0.6 is 11.6 Å². The van der Waals surface area contributed by atoms with Crippen molar-refractivity contribution in [1.29, 1.82) is 0 Å². The van der Waals surface area contributed by atoms with E-state index in [0.717, 1.165) is 17.0 Å². The summed E-state index contributed by atoms with van der Waals surface area (Å²) in [6.07, 6.45) is 0.700. The summed E-state index contributed by atoms with van der Waals surface area (Å²) in [5.74, 6) is -0.196. The molecule has 0 spiro atoms. The fourth-order valence-electron chi connectivity index (χ4n) is 2.04. The molecule has 2 aromatic rings. The van der Waals surface area contributed by atoms with E-state index in [4.69, 9.17) is 11.6 Å². The third kappa shape index (κ3) is 5.42. The Morgan fingerprint density at radius 2 is 1.91 bits per heavy atom. The predicted octanol–water partition coefficient (Wildman–Crippen LogP) is 3.99. The molecule has 0 atom stereocenters. The molecular weight excluding hydrogens is 310 g/mol. The first kappa shape index (κ1) is 17.0. The lowest BCUT2D eigenvalue weighted by atomic mass is 10.1. The van der Waals surface area contributed by atoms with Crippen LogP contribution < -0.4 is 10.7 Å². The molecule has 5 heteroatoms. The number of carbonyl (C=O) groups is 1. The normalized spacial score (nSPS) is 11.2. The third-order valence-corrected chi connectivity index (χ3v) is 3.55. The fraction of sp³-hybridized carbons (Fsp3) is 0.222. The fourth-order valence-corrected chi connectivity index (χ4v) is 2.23. The van der Waals surface area contributed by atoms with Gasteiger partial charge in [0.1, 0.15) is 0 Å². The lowest BCUT2D eigenvalue weighted by molar-refractivity contribution is -0.119. The molecular formula is C18H20ClN3O. The number of nitrogens with zero attached hydrogens (tertiary/aromatic N) is 1. The lowest BCUT2D eigenvalue weighted by Gasteiger charge is -2.07. The predicted molar refractivity (Wildman–Crippen MR) is 96.1 cm³/mol. The number of rotatable bonds is 6. The molecule has 0 aromatic heterocycles. The van der Waals surface area contributed by atoms with Gasteiger partial charge in [-0.3, -0.25) is 4.79 Å². The van der Waals surface area contributed by atoms with Crippen LogP contribution in [0, 0.1) is 6.92 Å². The second-order valence-corrected chi connectivity index (χ2v) is 5.61. The summed E-state index contributed by atoms with van der Waals surface area (Å²) in [6, 6.07) is 15.3. The Morgan fingerprint density at radius 3 is 2.57 bits per heavy atom. The van der Waals surface area contributed by atoms with Crippen molar-refractivity contribution in [3.8, 4) is 0 Å². The molecule has 0 bridgehead atoms. The minimum atomic E-state index is -0.196. The molecule has 0 fully saturated rings. The Bertz CT molecular complexity index is 696. The van der Waals surface area contributed by atoms with Crippen molar-refractivity contribution in [2.45, 2.75) is 20.3 Å². The Morgan fingerprint density at radius 1 is 1.17 bits per heavy atom. The first-order valence-electron chi connectivity index (χ1n) is 7.50. The smallest absolute Gasteiger partial charge is 0.259 e. The second-order valence-electron chi connectivity index (χ2n) is 5.18. The van der Waals surface area contributed by atoms with Crippen molar-refractivity contribution in [2.75, 3.05) is 11.9 Å².